The van der Waals surface area contributed by atoms with Gasteiger partial charge in [-0.1, -0.05) is 50.0 Å². The topological polar surface area (TPSA) is 46.3 Å². The number of aliphatic hydroxyl groups is 1. The van der Waals surface area contributed by atoms with Crippen LogP contribution >= 0.6 is 11.6 Å². The van der Waals surface area contributed by atoms with Gasteiger partial charge in [-0.15, -0.1) is 0 Å². The van der Waals surface area contributed by atoms with Crippen molar-refractivity contribution in [1.82, 2.24) is 4.98 Å². The summed E-state index contributed by atoms with van der Waals surface area (Å²) < 4.78 is 5.78. The Hall–Kier alpha value is -1.62. The summed E-state index contributed by atoms with van der Waals surface area (Å²) in [6.07, 6.45) is 0.947. The summed E-state index contributed by atoms with van der Waals surface area (Å²) in [5.74, 6) is 0. The van der Waals surface area contributed by atoms with Crippen molar-refractivity contribution in [2.75, 3.05) is 0 Å². The molecule has 0 amide bonds. The van der Waals surface area contributed by atoms with Gasteiger partial charge in [0.05, 0.1) is 8.07 Å². The van der Waals surface area contributed by atoms with Crippen LogP contribution in [0.4, 0.5) is 0 Å². The number of rotatable bonds is 3. The molecule has 2 aromatic heterocycles. The molecule has 3 aromatic rings. The minimum Gasteiger partial charge on any atom is -0.443 e. The fraction of sp³-hybridized carbons (Fsp3) is 0.235. The number of pyridine rings is 1. The molecule has 0 saturated heterocycles. The third-order valence-electron chi connectivity index (χ3n) is 3.72. The minimum atomic E-state index is -1.70. The highest BCUT2D eigenvalue weighted by Crippen LogP contribution is 2.31. The average Bonchev–Trinajstić information content (AvgIpc) is 2.83. The second-order valence-corrected chi connectivity index (χ2v) is 11.7. The number of benzene rings is 1. The number of fused-ring (bicyclic) bond motifs is 1. The van der Waals surface area contributed by atoms with Crippen LogP contribution in [0.15, 0.2) is 47.0 Å². The van der Waals surface area contributed by atoms with Crippen molar-refractivity contribution in [2.24, 2.45) is 0 Å². The first-order chi connectivity index (χ1) is 10.4. The molecule has 5 heteroatoms. The van der Waals surface area contributed by atoms with Crippen LogP contribution in [0, 0.1) is 0 Å². The standard InChI is InChI=1S/C17H18ClNO2Si/c1-22(2,3)16-13-15(21-17(16)18)12(9-10-19-13)14(20)11-7-5-4-6-8-11/h4-10,14,20H,1-3H3. The first kappa shape index (κ1) is 15.3. The fourth-order valence-corrected chi connectivity index (χ4v) is 5.21. The largest absolute Gasteiger partial charge is 0.443 e. The van der Waals surface area contributed by atoms with Crippen molar-refractivity contribution in [1.29, 1.82) is 0 Å². The fourth-order valence-electron chi connectivity index (χ4n) is 2.66. The molecule has 0 aliphatic rings. The molecule has 0 aliphatic heterocycles. The summed E-state index contributed by atoms with van der Waals surface area (Å²) >= 11 is 6.32. The monoisotopic (exact) mass is 331 g/mol. The number of nitrogens with zero attached hydrogens (tertiary/aromatic N) is 1. The molecule has 0 spiro atoms. The molecule has 2 heterocycles. The molecule has 0 fully saturated rings. The number of halogens is 1. The van der Waals surface area contributed by atoms with Crippen LogP contribution in [0.1, 0.15) is 17.2 Å². The summed E-state index contributed by atoms with van der Waals surface area (Å²) in [5.41, 5.74) is 2.87. The smallest absolute Gasteiger partial charge is 0.195 e. The van der Waals surface area contributed by atoms with Gasteiger partial charge in [0.1, 0.15) is 11.6 Å². The van der Waals surface area contributed by atoms with Crippen LogP contribution in [0.25, 0.3) is 11.1 Å². The molecule has 1 N–H and O–H groups in total. The highest BCUT2D eigenvalue weighted by molar-refractivity contribution is 6.91. The lowest BCUT2D eigenvalue weighted by Gasteiger charge is -2.14. The summed E-state index contributed by atoms with van der Waals surface area (Å²) in [6.45, 7) is 6.60. The van der Waals surface area contributed by atoms with Gasteiger partial charge in [-0.25, -0.2) is 0 Å². The summed E-state index contributed by atoms with van der Waals surface area (Å²) in [7, 11) is -1.70. The molecule has 22 heavy (non-hydrogen) atoms. The highest BCUT2D eigenvalue weighted by Gasteiger charge is 2.29. The van der Waals surface area contributed by atoms with Crippen molar-refractivity contribution in [3.05, 3.63) is 58.9 Å². The Morgan fingerprint density at radius 2 is 1.82 bits per heavy atom. The molecule has 0 aliphatic carbocycles. The Bertz CT molecular complexity index is 809. The van der Waals surface area contributed by atoms with Gasteiger partial charge in [0.15, 0.2) is 10.8 Å². The van der Waals surface area contributed by atoms with Gasteiger partial charge in [-0.3, -0.25) is 4.98 Å². The third kappa shape index (κ3) is 2.58. The van der Waals surface area contributed by atoms with Gasteiger partial charge >= 0.3 is 0 Å². The first-order valence-electron chi connectivity index (χ1n) is 7.20. The lowest BCUT2D eigenvalue weighted by molar-refractivity contribution is 0.220. The van der Waals surface area contributed by atoms with Crippen LogP contribution < -0.4 is 5.19 Å². The van der Waals surface area contributed by atoms with Gasteiger partial charge < -0.3 is 9.52 Å². The van der Waals surface area contributed by atoms with E-state index in [9.17, 15) is 5.11 Å². The summed E-state index contributed by atoms with van der Waals surface area (Å²) in [4.78, 5) is 4.45. The van der Waals surface area contributed by atoms with E-state index in [2.05, 4.69) is 24.6 Å². The van der Waals surface area contributed by atoms with Crippen LogP contribution in [0.2, 0.25) is 24.9 Å². The molecule has 114 valence electrons. The van der Waals surface area contributed by atoms with E-state index in [0.717, 1.165) is 16.3 Å². The Kier molecular flexibility index (Phi) is 3.85. The summed E-state index contributed by atoms with van der Waals surface area (Å²) in [6, 6.07) is 11.3. The molecule has 3 nitrogen and oxygen atoms in total. The van der Waals surface area contributed by atoms with Crippen molar-refractivity contribution in [3.63, 3.8) is 0 Å². The van der Waals surface area contributed by atoms with Gasteiger partial charge in [0.2, 0.25) is 0 Å². The van der Waals surface area contributed by atoms with Crippen LogP contribution in [0.3, 0.4) is 0 Å². The maximum atomic E-state index is 10.7. The van der Waals surface area contributed by atoms with Gasteiger partial charge in [0, 0.05) is 16.9 Å². The first-order valence-corrected chi connectivity index (χ1v) is 11.1. The van der Waals surface area contributed by atoms with E-state index in [0.29, 0.717) is 16.4 Å². The number of hydrogen-bond donors (Lipinski definition) is 1. The van der Waals surface area contributed by atoms with Gasteiger partial charge in [0.25, 0.3) is 0 Å². The quantitative estimate of drug-likeness (QED) is 0.735. The lowest BCUT2D eigenvalue weighted by atomic mass is 10.0. The van der Waals surface area contributed by atoms with E-state index in [1.54, 1.807) is 12.3 Å². The average molecular weight is 332 g/mol. The molecule has 0 radical (unpaired) electrons. The van der Waals surface area contributed by atoms with Crippen molar-refractivity contribution < 1.29 is 9.52 Å². The maximum Gasteiger partial charge on any atom is 0.195 e. The second-order valence-electron chi connectivity index (χ2n) is 6.39. The van der Waals surface area contributed by atoms with Gasteiger partial charge in [-0.2, -0.15) is 0 Å². The molecule has 0 saturated carbocycles. The molecule has 1 unspecified atom stereocenters. The summed E-state index contributed by atoms with van der Waals surface area (Å²) in [5, 5.41) is 12.1. The predicted octanol–water partition coefficient (Wildman–Crippen LogP) is 4.11. The molecule has 0 bridgehead atoms. The minimum absolute atomic E-state index is 0.398. The highest BCUT2D eigenvalue weighted by atomic mass is 35.5. The van der Waals surface area contributed by atoms with E-state index in [1.165, 1.54) is 0 Å². The Balaban J connectivity index is 2.21. The van der Waals surface area contributed by atoms with Gasteiger partial charge in [-0.05, 0) is 23.2 Å². The molecule has 1 aromatic carbocycles. The number of hydrogen-bond acceptors (Lipinski definition) is 3. The Morgan fingerprint density at radius 1 is 1.14 bits per heavy atom. The Morgan fingerprint density at radius 3 is 2.45 bits per heavy atom. The van der Waals surface area contributed by atoms with Crippen molar-refractivity contribution in [2.45, 2.75) is 25.7 Å². The molecular weight excluding hydrogens is 314 g/mol. The zero-order valence-electron chi connectivity index (χ0n) is 12.8. The maximum absolute atomic E-state index is 10.7. The SMILES string of the molecule is C[Si](C)(C)c1c(Cl)oc2c(C(O)c3ccccc3)ccnc12. The van der Waals surface area contributed by atoms with E-state index in [4.69, 9.17) is 16.0 Å². The lowest BCUT2D eigenvalue weighted by Crippen LogP contribution is -2.38. The third-order valence-corrected chi connectivity index (χ3v) is 6.11. The molecule has 3 rings (SSSR count). The number of furan rings is 1. The Labute approximate surface area is 135 Å². The van der Waals surface area contributed by atoms with Crippen LogP contribution in [0.5, 0.6) is 0 Å². The van der Waals surface area contributed by atoms with E-state index in [-0.39, 0.29) is 0 Å². The molecular formula is C17H18ClNO2Si. The normalized spacial score (nSPS) is 13.5. The zero-order chi connectivity index (χ0) is 15.9. The van der Waals surface area contributed by atoms with E-state index < -0.39 is 14.2 Å². The zero-order valence-corrected chi connectivity index (χ0v) is 14.6. The van der Waals surface area contributed by atoms with Crippen LogP contribution in [-0.2, 0) is 0 Å². The van der Waals surface area contributed by atoms with Crippen molar-refractivity contribution >= 4 is 36.0 Å². The van der Waals surface area contributed by atoms with E-state index in [1.807, 2.05) is 30.3 Å². The van der Waals surface area contributed by atoms with E-state index >= 15 is 0 Å². The van der Waals surface area contributed by atoms with Crippen LogP contribution in [-0.4, -0.2) is 18.2 Å². The van der Waals surface area contributed by atoms with Crippen molar-refractivity contribution in [3.8, 4) is 0 Å². The molecule has 1 atom stereocenters. The number of aromatic nitrogens is 1. The number of aliphatic hydroxyl groups excluding tert-OH is 1. The predicted molar refractivity (Wildman–Crippen MR) is 92.5 cm³/mol. The second kappa shape index (κ2) is 5.54.